The van der Waals surface area contributed by atoms with Gasteiger partial charge in [-0.3, -0.25) is 0 Å². The van der Waals surface area contributed by atoms with Crippen LogP contribution in [0.25, 0.3) is 0 Å². The third-order valence-electron chi connectivity index (χ3n) is 2.72. The zero-order chi connectivity index (χ0) is 13.3. The molecule has 0 amide bonds. The monoisotopic (exact) mass is 249 g/mol. The van der Waals surface area contributed by atoms with Crippen molar-refractivity contribution in [2.75, 3.05) is 5.32 Å². The van der Waals surface area contributed by atoms with Crippen LogP contribution in [-0.4, -0.2) is 11.1 Å². The van der Waals surface area contributed by atoms with Gasteiger partial charge in [0, 0.05) is 11.6 Å². The van der Waals surface area contributed by atoms with E-state index in [9.17, 15) is 4.79 Å². The van der Waals surface area contributed by atoms with Crippen LogP contribution in [0.2, 0.25) is 0 Å². The first kappa shape index (κ1) is 12.3. The summed E-state index contributed by atoms with van der Waals surface area (Å²) in [7, 11) is 0. The lowest BCUT2D eigenvalue weighted by Gasteiger charge is -2.11. The van der Waals surface area contributed by atoms with Gasteiger partial charge in [-0.25, -0.2) is 4.79 Å². The number of anilines is 1. The number of nitrogens with one attached hydrogen (secondary N) is 1. The normalized spacial score (nSPS) is 12.4. The fraction of sp³-hybridized carbons (Fsp3) is 0.308. The largest absolute Gasteiger partial charge is 0.475 e. The smallest absolute Gasteiger partial charge is 0.371 e. The minimum atomic E-state index is -1.08. The standard InChI is InChI=1S/C13H15NO4/c1-7-6-10(9(3)17-7)8(2)14-12-5-4-11(18-12)13(15)16/h4-6,8,14H,1-3H3,(H,15,16). The highest BCUT2D eigenvalue weighted by Crippen LogP contribution is 2.25. The van der Waals surface area contributed by atoms with Gasteiger partial charge in [0.05, 0.1) is 6.04 Å². The predicted octanol–water partition coefficient (Wildman–Crippen LogP) is 3.36. The second-order valence-electron chi connectivity index (χ2n) is 4.20. The molecule has 2 N–H and O–H groups in total. The average Bonchev–Trinajstić information content (AvgIpc) is 2.85. The van der Waals surface area contributed by atoms with E-state index in [2.05, 4.69) is 5.32 Å². The van der Waals surface area contributed by atoms with Crippen LogP contribution in [0, 0.1) is 13.8 Å². The number of carbonyl (C=O) groups is 1. The predicted molar refractivity (Wildman–Crippen MR) is 65.9 cm³/mol. The van der Waals surface area contributed by atoms with Crippen LogP contribution in [0.3, 0.4) is 0 Å². The molecule has 5 nitrogen and oxygen atoms in total. The van der Waals surface area contributed by atoms with Crippen LogP contribution in [0.1, 0.15) is 40.6 Å². The number of aromatic carboxylic acids is 1. The Balaban J connectivity index is 2.13. The summed E-state index contributed by atoms with van der Waals surface area (Å²) < 4.78 is 10.6. The first-order chi connectivity index (χ1) is 8.47. The molecule has 2 heterocycles. The van der Waals surface area contributed by atoms with E-state index in [0.29, 0.717) is 5.88 Å². The average molecular weight is 249 g/mol. The van der Waals surface area contributed by atoms with Gasteiger partial charge in [-0.15, -0.1) is 0 Å². The van der Waals surface area contributed by atoms with Gasteiger partial charge in [-0.2, -0.15) is 0 Å². The van der Waals surface area contributed by atoms with Crippen molar-refractivity contribution >= 4 is 11.9 Å². The van der Waals surface area contributed by atoms with Crippen molar-refractivity contribution in [3.8, 4) is 0 Å². The molecule has 0 bridgehead atoms. The molecule has 0 aliphatic rings. The van der Waals surface area contributed by atoms with E-state index < -0.39 is 5.97 Å². The van der Waals surface area contributed by atoms with Gasteiger partial charge in [0.2, 0.25) is 5.76 Å². The Morgan fingerprint density at radius 2 is 2.06 bits per heavy atom. The van der Waals surface area contributed by atoms with E-state index in [-0.39, 0.29) is 11.8 Å². The summed E-state index contributed by atoms with van der Waals surface area (Å²) in [6.07, 6.45) is 0. The Kier molecular flexibility index (Phi) is 3.14. The van der Waals surface area contributed by atoms with Gasteiger partial charge in [-0.05, 0) is 32.9 Å². The second-order valence-corrected chi connectivity index (χ2v) is 4.20. The lowest BCUT2D eigenvalue weighted by molar-refractivity contribution is 0.0663. The maximum Gasteiger partial charge on any atom is 0.371 e. The molecule has 0 aliphatic heterocycles. The highest BCUT2D eigenvalue weighted by molar-refractivity contribution is 5.84. The number of rotatable bonds is 4. The summed E-state index contributed by atoms with van der Waals surface area (Å²) in [5.74, 6) is 0.966. The van der Waals surface area contributed by atoms with Crippen LogP contribution in [0.15, 0.2) is 27.0 Å². The molecule has 18 heavy (non-hydrogen) atoms. The molecule has 2 aromatic rings. The van der Waals surface area contributed by atoms with E-state index in [1.54, 1.807) is 6.07 Å². The Morgan fingerprint density at radius 1 is 1.33 bits per heavy atom. The van der Waals surface area contributed by atoms with Crippen molar-refractivity contribution < 1.29 is 18.7 Å². The number of furan rings is 2. The summed E-state index contributed by atoms with van der Waals surface area (Å²) in [4.78, 5) is 10.7. The quantitative estimate of drug-likeness (QED) is 0.868. The molecular weight excluding hydrogens is 234 g/mol. The maximum atomic E-state index is 10.7. The lowest BCUT2D eigenvalue weighted by atomic mass is 10.1. The van der Waals surface area contributed by atoms with E-state index >= 15 is 0 Å². The number of hydrogen-bond donors (Lipinski definition) is 2. The third kappa shape index (κ3) is 2.40. The molecule has 0 aliphatic carbocycles. The van der Waals surface area contributed by atoms with Gasteiger partial charge in [0.15, 0.2) is 5.88 Å². The lowest BCUT2D eigenvalue weighted by Crippen LogP contribution is -2.06. The molecule has 0 saturated carbocycles. The van der Waals surface area contributed by atoms with Crippen molar-refractivity contribution in [2.24, 2.45) is 0 Å². The van der Waals surface area contributed by atoms with Crippen LogP contribution in [0.5, 0.6) is 0 Å². The fourth-order valence-electron chi connectivity index (χ4n) is 1.90. The topological polar surface area (TPSA) is 75.6 Å². The van der Waals surface area contributed by atoms with Crippen molar-refractivity contribution in [3.05, 3.63) is 41.0 Å². The Morgan fingerprint density at radius 3 is 2.56 bits per heavy atom. The molecule has 0 aromatic carbocycles. The summed E-state index contributed by atoms with van der Waals surface area (Å²) in [6, 6.07) is 4.96. The molecule has 0 spiro atoms. The molecule has 5 heteroatoms. The number of hydrogen-bond acceptors (Lipinski definition) is 4. The van der Waals surface area contributed by atoms with Crippen LogP contribution >= 0.6 is 0 Å². The molecule has 1 atom stereocenters. The SMILES string of the molecule is Cc1cc(C(C)Nc2ccc(C(=O)O)o2)c(C)o1. The van der Waals surface area contributed by atoms with Gasteiger partial charge in [0.25, 0.3) is 0 Å². The first-order valence-electron chi connectivity index (χ1n) is 5.64. The fourth-order valence-corrected chi connectivity index (χ4v) is 1.90. The highest BCUT2D eigenvalue weighted by Gasteiger charge is 2.15. The summed E-state index contributed by atoms with van der Waals surface area (Å²) in [5.41, 5.74) is 1.03. The van der Waals surface area contributed by atoms with Crippen molar-refractivity contribution in [1.29, 1.82) is 0 Å². The number of carboxylic acids is 1. The number of carboxylic acid groups (broad SMARTS) is 1. The summed E-state index contributed by atoms with van der Waals surface area (Å²) in [5, 5.41) is 11.9. The molecule has 0 radical (unpaired) electrons. The van der Waals surface area contributed by atoms with Gasteiger partial charge >= 0.3 is 5.97 Å². The summed E-state index contributed by atoms with van der Waals surface area (Å²) >= 11 is 0. The number of aryl methyl sites for hydroxylation is 2. The molecule has 96 valence electrons. The zero-order valence-corrected chi connectivity index (χ0v) is 10.5. The van der Waals surface area contributed by atoms with Gasteiger partial charge in [0.1, 0.15) is 11.5 Å². The van der Waals surface area contributed by atoms with Crippen LogP contribution in [-0.2, 0) is 0 Å². The van der Waals surface area contributed by atoms with Crippen LogP contribution in [0.4, 0.5) is 5.88 Å². The Bertz CT molecular complexity index is 567. The molecule has 2 rings (SSSR count). The Labute approximate surface area is 104 Å². The molecule has 0 fully saturated rings. The van der Waals surface area contributed by atoms with E-state index in [4.69, 9.17) is 13.9 Å². The summed E-state index contributed by atoms with van der Waals surface area (Å²) in [6.45, 7) is 5.74. The minimum absolute atomic E-state index is 0.0183. The van der Waals surface area contributed by atoms with E-state index in [0.717, 1.165) is 17.1 Å². The van der Waals surface area contributed by atoms with Crippen molar-refractivity contribution in [1.82, 2.24) is 0 Å². The van der Waals surface area contributed by atoms with Crippen LogP contribution < -0.4 is 5.32 Å². The zero-order valence-electron chi connectivity index (χ0n) is 10.5. The van der Waals surface area contributed by atoms with Crippen molar-refractivity contribution in [3.63, 3.8) is 0 Å². The van der Waals surface area contributed by atoms with E-state index in [1.807, 2.05) is 26.8 Å². The molecular formula is C13H15NO4. The van der Waals surface area contributed by atoms with Crippen molar-refractivity contribution in [2.45, 2.75) is 26.8 Å². The maximum absolute atomic E-state index is 10.7. The molecule has 1 unspecified atom stereocenters. The minimum Gasteiger partial charge on any atom is -0.475 e. The Hall–Kier alpha value is -2.17. The second kappa shape index (κ2) is 4.60. The van der Waals surface area contributed by atoms with E-state index in [1.165, 1.54) is 6.07 Å². The van der Waals surface area contributed by atoms with Gasteiger partial charge < -0.3 is 19.3 Å². The van der Waals surface area contributed by atoms with Gasteiger partial charge in [-0.1, -0.05) is 0 Å². The molecule has 0 saturated heterocycles. The highest BCUT2D eigenvalue weighted by atomic mass is 16.4. The first-order valence-corrected chi connectivity index (χ1v) is 5.64. The molecule has 2 aromatic heterocycles. The third-order valence-corrected chi connectivity index (χ3v) is 2.72.